The standard InChI is InChI=1S/C20H19N7O2/c1-3-17(28)26-7-6-14(11-26)27-20-18(19(21)23-12-24-20)16(25-27)5-4-13-8-15(29-2)10-22-9-13/h3,8-10,12,14H,1,6-7,11H2,2H3,(H2,21,23,24)/t14-/m0/s1. The average Bonchev–Trinajstić information content (AvgIpc) is 3.37. The Hall–Kier alpha value is -3.93. The number of nitrogens with zero attached hydrogens (tertiary/aromatic N) is 6. The zero-order chi connectivity index (χ0) is 20.4. The van der Waals surface area contributed by atoms with Gasteiger partial charge < -0.3 is 15.4 Å². The molecule has 4 rings (SSSR count). The summed E-state index contributed by atoms with van der Waals surface area (Å²) in [6.07, 6.45) is 6.73. The molecule has 2 N–H and O–H groups in total. The number of nitrogen functional groups attached to an aromatic ring is 1. The molecule has 1 fully saturated rings. The predicted octanol–water partition coefficient (Wildman–Crippen LogP) is 1.17. The average molecular weight is 389 g/mol. The summed E-state index contributed by atoms with van der Waals surface area (Å²) in [5, 5.41) is 5.26. The van der Waals surface area contributed by atoms with Crippen LogP contribution in [0.3, 0.4) is 0 Å². The summed E-state index contributed by atoms with van der Waals surface area (Å²) in [5.74, 6) is 6.92. The van der Waals surface area contributed by atoms with E-state index < -0.39 is 0 Å². The van der Waals surface area contributed by atoms with Crippen LogP contribution in [0, 0.1) is 11.8 Å². The number of hydrogen-bond donors (Lipinski definition) is 1. The third-order valence-electron chi connectivity index (χ3n) is 4.79. The Morgan fingerprint density at radius 2 is 2.24 bits per heavy atom. The van der Waals surface area contributed by atoms with E-state index in [2.05, 4.69) is 38.5 Å². The van der Waals surface area contributed by atoms with Crippen LogP contribution in [0.25, 0.3) is 11.0 Å². The number of rotatable bonds is 3. The van der Waals surface area contributed by atoms with Gasteiger partial charge in [0.15, 0.2) is 5.65 Å². The van der Waals surface area contributed by atoms with Crippen molar-refractivity contribution in [1.29, 1.82) is 0 Å². The molecule has 1 amide bonds. The quantitative estimate of drug-likeness (QED) is 0.528. The van der Waals surface area contributed by atoms with Crippen molar-refractivity contribution in [2.45, 2.75) is 12.5 Å². The number of amides is 1. The maximum atomic E-state index is 11.9. The molecule has 3 aromatic rings. The van der Waals surface area contributed by atoms with Gasteiger partial charge in [-0.15, -0.1) is 0 Å². The third kappa shape index (κ3) is 3.48. The van der Waals surface area contributed by atoms with Crippen molar-refractivity contribution in [1.82, 2.24) is 29.6 Å². The molecule has 9 heteroatoms. The van der Waals surface area contributed by atoms with Gasteiger partial charge in [0, 0.05) is 24.8 Å². The molecule has 0 saturated carbocycles. The molecule has 0 aliphatic carbocycles. The fourth-order valence-corrected chi connectivity index (χ4v) is 3.34. The molecule has 0 radical (unpaired) electrons. The first-order valence-corrected chi connectivity index (χ1v) is 9.01. The molecule has 0 unspecified atom stereocenters. The first-order valence-electron chi connectivity index (χ1n) is 9.01. The molecule has 29 heavy (non-hydrogen) atoms. The Kier molecular flexibility index (Phi) is 4.83. The number of methoxy groups -OCH3 is 1. The van der Waals surface area contributed by atoms with E-state index in [9.17, 15) is 4.79 Å². The van der Waals surface area contributed by atoms with Gasteiger partial charge in [0.1, 0.15) is 23.6 Å². The molecule has 3 aromatic heterocycles. The Labute approximate surface area is 167 Å². The maximum Gasteiger partial charge on any atom is 0.246 e. The molecular formula is C20H19N7O2. The summed E-state index contributed by atoms with van der Waals surface area (Å²) in [5.41, 5.74) is 7.87. The number of carbonyl (C=O) groups excluding carboxylic acids is 1. The second-order valence-corrected chi connectivity index (χ2v) is 6.55. The van der Waals surface area contributed by atoms with Crippen LogP contribution in [0.15, 0.2) is 37.4 Å². The van der Waals surface area contributed by atoms with Crippen LogP contribution in [0.1, 0.15) is 23.7 Å². The fraction of sp³-hybridized carbons (Fsp3) is 0.250. The van der Waals surface area contributed by atoms with Gasteiger partial charge in [-0.05, 0) is 24.5 Å². The first-order chi connectivity index (χ1) is 14.1. The van der Waals surface area contributed by atoms with E-state index in [1.165, 1.54) is 12.4 Å². The Bertz CT molecular complexity index is 1160. The van der Waals surface area contributed by atoms with Gasteiger partial charge in [0.25, 0.3) is 0 Å². The van der Waals surface area contributed by atoms with Crippen molar-refractivity contribution in [3.8, 4) is 17.6 Å². The van der Waals surface area contributed by atoms with E-state index in [-0.39, 0.29) is 11.9 Å². The van der Waals surface area contributed by atoms with E-state index in [1.807, 2.05) is 0 Å². The highest BCUT2D eigenvalue weighted by Crippen LogP contribution is 2.28. The van der Waals surface area contributed by atoms with E-state index in [0.29, 0.717) is 46.9 Å². The number of likely N-dealkylation sites (tertiary alicyclic amines) is 1. The molecule has 0 spiro atoms. The van der Waals surface area contributed by atoms with Gasteiger partial charge in [-0.25, -0.2) is 14.6 Å². The lowest BCUT2D eigenvalue weighted by molar-refractivity contribution is -0.125. The van der Waals surface area contributed by atoms with Crippen molar-refractivity contribution in [3.63, 3.8) is 0 Å². The summed E-state index contributed by atoms with van der Waals surface area (Å²) in [7, 11) is 1.57. The molecular weight excluding hydrogens is 370 g/mol. The Balaban J connectivity index is 1.74. The molecule has 1 aliphatic heterocycles. The zero-order valence-corrected chi connectivity index (χ0v) is 15.9. The minimum absolute atomic E-state index is 0.0234. The summed E-state index contributed by atoms with van der Waals surface area (Å²) < 4.78 is 6.97. The lowest BCUT2D eigenvalue weighted by Crippen LogP contribution is -2.27. The van der Waals surface area contributed by atoms with Crippen LogP contribution < -0.4 is 10.5 Å². The van der Waals surface area contributed by atoms with Crippen LogP contribution in [0.4, 0.5) is 5.82 Å². The third-order valence-corrected chi connectivity index (χ3v) is 4.79. The Morgan fingerprint density at radius 3 is 3.03 bits per heavy atom. The SMILES string of the molecule is C=CC(=O)N1CC[C@H](n2nc(C#Cc3cncc(OC)c3)c3c(N)ncnc32)C1. The highest BCUT2D eigenvalue weighted by Gasteiger charge is 2.29. The van der Waals surface area contributed by atoms with Crippen molar-refractivity contribution in [3.05, 3.63) is 48.7 Å². The lowest BCUT2D eigenvalue weighted by atomic mass is 10.2. The number of hydrogen-bond acceptors (Lipinski definition) is 7. The van der Waals surface area contributed by atoms with Gasteiger partial charge in [-0.1, -0.05) is 12.5 Å². The molecule has 9 nitrogen and oxygen atoms in total. The number of fused-ring (bicyclic) bond motifs is 1. The van der Waals surface area contributed by atoms with Crippen molar-refractivity contribution < 1.29 is 9.53 Å². The molecule has 0 aromatic carbocycles. The number of aromatic nitrogens is 5. The zero-order valence-electron chi connectivity index (χ0n) is 15.9. The van der Waals surface area contributed by atoms with Crippen LogP contribution in [0.2, 0.25) is 0 Å². The lowest BCUT2D eigenvalue weighted by Gasteiger charge is -2.14. The minimum Gasteiger partial charge on any atom is -0.495 e. The highest BCUT2D eigenvalue weighted by molar-refractivity contribution is 5.91. The number of anilines is 1. The van der Waals surface area contributed by atoms with Gasteiger partial charge in [0.05, 0.1) is 24.7 Å². The summed E-state index contributed by atoms with van der Waals surface area (Å²) in [6, 6.07) is 1.76. The van der Waals surface area contributed by atoms with Crippen molar-refractivity contribution in [2.75, 3.05) is 25.9 Å². The topological polar surface area (TPSA) is 112 Å². The normalized spacial score (nSPS) is 15.8. The van der Waals surface area contributed by atoms with Gasteiger partial charge in [-0.2, -0.15) is 5.10 Å². The number of ether oxygens (including phenoxy) is 1. The van der Waals surface area contributed by atoms with E-state index in [4.69, 9.17) is 10.5 Å². The smallest absolute Gasteiger partial charge is 0.246 e. The second kappa shape index (κ2) is 7.59. The molecule has 146 valence electrons. The Morgan fingerprint density at radius 1 is 1.38 bits per heavy atom. The predicted molar refractivity (Wildman–Crippen MR) is 107 cm³/mol. The van der Waals surface area contributed by atoms with Crippen LogP contribution >= 0.6 is 0 Å². The largest absolute Gasteiger partial charge is 0.495 e. The van der Waals surface area contributed by atoms with Crippen molar-refractivity contribution in [2.24, 2.45) is 0 Å². The maximum absolute atomic E-state index is 11.9. The highest BCUT2D eigenvalue weighted by atomic mass is 16.5. The van der Waals surface area contributed by atoms with E-state index in [0.717, 1.165) is 6.42 Å². The minimum atomic E-state index is -0.0939. The number of pyridine rings is 1. The fourth-order valence-electron chi connectivity index (χ4n) is 3.34. The van der Waals surface area contributed by atoms with Crippen LogP contribution in [-0.2, 0) is 4.79 Å². The van der Waals surface area contributed by atoms with Gasteiger partial charge >= 0.3 is 0 Å². The van der Waals surface area contributed by atoms with E-state index >= 15 is 0 Å². The van der Waals surface area contributed by atoms with Crippen molar-refractivity contribution >= 4 is 22.8 Å². The molecule has 1 atom stereocenters. The summed E-state index contributed by atoms with van der Waals surface area (Å²) in [4.78, 5) is 26.2. The van der Waals surface area contributed by atoms with Gasteiger partial charge in [0.2, 0.25) is 5.91 Å². The molecule has 1 saturated heterocycles. The van der Waals surface area contributed by atoms with Crippen LogP contribution in [-0.4, -0.2) is 55.7 Å². The summed E-state index contributed by atoms with van der Waals surface area (Å²) >= 11 is 0. The monoisotopic (exact) mass is 389 g/mol. The first kappa shape index (κ1) is 18.4. The molecule has 1 aliphatic rings. The second-order valence-electron chi connectivity index (χ2n) is 6.55. The molecule has 0 bridgehead atoms. The van der Waals surface area contributed by atoms with Crippen LogP contribution in [0.5, 0.6) is 5.75 Å². The van der Waals surface area contributed by atoms with Gasteiger partial charge in [-0.3, -0.25) is 9.78 Å². The van der Waals surface area contributed by atoms with E-state index in [1.54, 1.807) is 35.2 Å². The molecule has 4 heterocycles. The summed E-state index contributed by atoms with van der Waals surface area (Å²) in [6.45, 7) is 4.71. The number of carbonyl (C=O) groups is 1. The number of nitrogens with two attached hydrogens (primary N) is 1.